The van der Waals surface area contributed by atoms with Gasteiger partial charge in [-0.15, -0.1) is 0 Å². The molecule has 24 heavy (non-hydrogen) atoms. The first-order valence-electron chi connectivity index (χ1n) is 8.43. The molecule has 0 spiro atoms. The van der Waals surface area contributed by atoms with Gasteiger partial charge in [-0.2, -0.15) is 0 Å². The second kappa shape index (κ2) is 7.05. The van der Waals surface area contributed by atoms with Gasteiger partial charge in [0.25, 0.3) is 0 Å². The van der Waals surface area contributed by atoms with Crippen molar-refractivity contribution in [1.29, 1.82) is 0 Å². The van der Waals surface area contributed by atoms with Crippen LogP contribution in [0.25, 0.3) is 11.0 Å². The second-order valence-corrected chi connectivity index (χ2v) is 6.53. The molecule has 0 amide bonds. The summed E-state index contributed by atoms with van der Waals surface area (Å²) in [6.07, 6.45) is 4.45. The van der Waals surface area contributed by atoms with Gasteiger partial charge < -0.3 is 19.2 Å². The van der Waals surface area contributed by atoms with Crippen LogP contribution in [0.1, 0.15) is 23.4 Å². The van der Waals surface area contributed by atoms with E-state index in [2.05, 4.69) is 47.8 Å². The average molecular weight is 328 g/mol. The molecule has 0 aromatic carbocycles. The second-order valence-electron chi connectivity index (χ2n) is 6.53. The Bertz CT molecular complexity index is 805. The highest BCUT2D eigenvalue weighted by atomic mass is 16.3. The number of hydrogen-bond acceptors (Lipinski definition) is 4. The maximum Gasteiger partial charge on any atom is 0.146 e. The van der Waals surface area contributed by atoms with Crippen LogP contribution in [-0.2, 0) is 6.54 Å². The molecule has 6 heteroatoms. The molecule has 6 nitrogen and oxygen atoms in total. The summed E-state index contributed by atoms with van der Waals surface area (Å²) in [6.45, 7) is 7.00. The van der Waals surface area contributed by atoms with E-state index in [0.29, 0.717) is 6.54 Å². The number of nitrogens with zero attached hydrogens (tertiary/aromatic N) is 3. The monoisotopic (exact) mass is 328 g/mol. The molecule has 128 valence electrons. The highest BCUT2D eigenvalue weighted by Gasteiger charge is 2.17. The normalized spacial score (nSPS) is 11.5. The first kappa shape index (κ1) is 16.5. The quantitative estimate of drug-likeness (QED) is 0.647. The van der Waals surface area contributed by atoms with E-state index in [-0.39, 0.29) is 0 Å². The SMILES string of the molecule is Cc1c(C)n(Cc2ccco2)c2ncnc(NCCC[NH+](C)C)c12. The molecule has 0 aliphatic rings. The largest absolute Gasteiger partial charge is 0.467 e. The molecule has 3 aromatic heterocycles. The van der Waals surface area contributed by atoms with Crippen LogP contribution in [0, 0.1) is 13.8 Å². The van der Waals surface area contributed by atoms with Gasteiger partial charge >= 0.3 is 0 Å². The molecule has 3 heterocycles. The molecule has 0 unspecified atom stereocenters. The molecule has 0 saturated carbocycles. The van der Waals surface area contributed by atoms with Crippen LogP contribution in [0.3, 0.4) is 0 Å². The number of aryl methyl sites for hydroxylation is 1. The first-order chi connectivity index (χ1) is 11.6. The number of hydrogen-bond donors (Lipinski definition) is 2. The summed E-state index contributed by atoms with van der Waals surface area (Å²) in [4.78, 5) is 10.5. The highest BCUT2D eigenvalue weighted by Crippen LogP contribution is 2.29. The lowest BCUT2D eigenvalue weighted by Crippen LogP contribution is -3.05. The summed E-state index contributed by atoms with van der Waals surface area (Å²) in [5.74, 6) is 1.85. The fraction of sp³-hybridized carbons (Fsp3) is 0.444. The molecule has 0 atom stereocenters. The number of aromatic nitrogens is 3. The summed E-state index contributed by atoms with van der Waals surface area (Å²) < 4.78 is 7.70. The van der Waals surface area contributed by atoms with Gasteiger partial charge in [0.15, 0.2) is 0 Å². The third-order valence-corrected chi connectivity index (χ3v) is 4.45. The molecule has 0 aliphatic heterocycles. The Balaban J connectivity index is 1.89. The van der Waals surface area contributed by atoms with Crippen molar-refractivity contribution >= 4 is 16.9 Å². The maximum atomic E-state index is 5.50. The first-order valence-corrected chi connectivity index (χ1v) is 8.43. The van der Waals surface area contributed by atoms with Gasteiger partial charge in [0.2, 0.25) is 0 Å². The molecule has 0 bridgehead atoms. The third kappa shape index (κ3) is 3.28. The summed E-state index contributed by atoms with van der Waals surface area (Å²) in [5, 5.41) is 4.59. The summed E-state index contributed by atoms with van der Waals surface area (Å²) >= 11 is 0. The highest BCUT2D eigenvalue weighted by molar-refractivity contribution is 5.91. The minimum Gasteiger partial charge on any atom is -0.467 e. The van der Waals surface area contributed by atoms with Crippen LogP contribution in [0.5, 0.6) is 0 Å². The zero-order valence-electron chi connectivity index (χ0n) is 14.9. The van der Waals surface area contributed by atoms with Crippen LogP contribution < -0.4 is 10.2 Å². The molecule has 3 aromatic rings. The Morgan fingerprint density at radius 2 is 2.08 bits per heavy atom. The van der Waals surface area contributed by atoms with Gasteiger partial charge in [-0.3, -0.25) is 0 Å². The predicted molar refractivity (Wildman–Crippen MR) is 95.6 cm³/mol. The van der Waals surface area contributed by atoms with Gasteiger partial charge in [-0.25, -0.2) is 9.97 Å². The van der Waals surface area contributed by atoms with E-state index < -0.39 is 0 Å². The van der Waals surface area contributed by atoms with Gasteiger partial charge in [0.05, 0.1) is 38.8 Å². The van der Waals surface area contributed by atoms with Gasteiger partial charge in [0, 0.05) is 18.7 Å². The Kier molecular flexibility index (Phi) is 4.85. The van der Waals surface area contributed by atoms with E-state index in [0.717, 1.165) is 42.1 Å². The lowest BCUT2D eigenvalue weighted by Gasteiger charge is -2.09. The zero-order chi connectivity index (χ0) is 17.1. The van der Waals surface area contributed by atoms with Gasteiger partial charge in [-0.1, -0.05) is 0 Å². The van der Waals surface area contributed by atoms with E-state index in [1.54, 1.807) is 12.6 Å². The van der Waals surface area contributed by atoms with Crippen LogP contribution in [0.2, 0.25) is 0 Å². The fourth-order valence-electron chi connectivity index (χ4n) is 3.00. The van der Waals surface area contributed by atoms with Crippen molar-refractivity contribution in [1.82, 2.24) is 14.5 Å². The van der Waals surface area contributed by atoms with Crippen molar-refractivity contribution in [2.45, 2.75) is 26.8 Å². The molecular weight excluding hydrogens is 302 g/mol. The van der Waals surface area contributed by atoms with E-state index >= 15 is 0 Å². The molecule has 0 fully saturated rings. The number of furan rings is 1. The number of rotatable bonds is 7. The molecule has 2 N–H and O–H groups in total. The lowest BCUT2D eigenvalue weighted by molar-refractivity contribution is -0.858. The van der Waals surface area contributed by atoms with Crippen molar-refractivity contribution < 1.29 is 9.32 Å². The van der Waals surface area contributed by atoms with Crippen molar-refractivity contribution in [3.8, 4) is 0 Å². The Morgan fingerprint density at radius 1 is 1.25 bits per heavy atom. The minimum atomic E-state index is 0.684. The minimum absolute atomic E-state index is 0.684. The van der Waals surface area contributed by atoms with Crippen molar-refractivity contribution in [2.24, 2.45) is 0 Å². The summed E-state index contributed by atoms with van der Waals surface area (Å²) in [7, 11) is 4.34. The van der Waals surface area contributed by atoms with Crippen LogP contribution in [0.4, 0.5) is 5.82 Å². The van der Waals surface area contributed by atoms with Crippen molar-refractivity contribution in [3.05, 3.63) is 41.7 Å². The van der Waals surface area contributed by atoms with Crippen molar-refractivity contribution in [3.63, 3.8) is 0 Å². The molecule has 0 radical (unpaired) electrons. The van der Waals surface area contributed by atoms with Crippen molar-refractivity contribution in [2.75, 3.05) is 32.5 Å². The maximum absolute atomic E-state index is 5.50. The van der Waals surface area contributed by atoms with Gasteiger partial charge in [-0.05, 0) is 31.5 Å². The standard InChI is InChI=1S/C18H25N5O/c1-13-14(2)23(11-15-7-5-10-24-15)18-16(13)17(20-12-21-18)19-8-6-9-22(3)4/h5,7,10,12H,6,8-9,11H2,1-4H3,(H,19,20,21)/p+1. The number of anilines is 1. The Morgan fingerprint density at radius 3 is 2.79 bits per heavy atom. The molecule has 3 rings (SSSR count). The Hall–Kier alpha value is -2.34. The topological polar surface area (TPSA) is 60.3 Å². The Labute approximate surface area is 142 Å². The van der Waals surface area contributed by atoms with E-state index in [9.17, 15) is 0 Å². The number of quaternary nitrogens is 1. The zero-order valence-corrected chi connectivity index (χ0v) is 14.9. The predicted octanol–water partition coefficient (Wildman–Crippen LogP) is 1.64. The smallest absolute Gasteiger partial charge is 0.146 e. The van der Waals surface area contributed by atoms with E-state index in [1.165, 1.54) is 16.2 Å². The molecular formula is C18H26N5O+. The molecule has 0 aliphatic carbocycles. The van der Waals surface area contributed by atoms with Crippen LogP contribution in [0.15, 0.2) is 29.1 Å². The number of fused-ring (bicyclic) bond motifs is 1. The molecule has 0 saturated heterocycles. The number of nitrogens with one attached hydrogen (secondary N) is 2. The average Bonchev–Trinajstić information content (AvgIpc) is 3.15. The van der Waals surface area contributed by atoms with E-state index in [1.807, 2.05) is 12.1 Å². The summed E-state index contributed by atoms with van der Waals surface area (Å²) in [5.41, 5.74) is 3.37. The summed E-state index contributed by atoms with van der Waals surface area (Å²) in [6, 6.07) is 3.91. The lowest BCUT2D eigenvalue weighted by atomic mass is 10.2. The third-order valence-electron chi connectivity index (χ3n) is 4.45. The van der Waals surface area contributed by atoms with Crippen LogP contribution in [-0.4, -0.2) is 41.7 Å². The fourth-order valence-corrected chi connectivity index (χ4v) is 3.00. The van der Waals surface area contributed by atoms with Crippen LogP contribution >= 0.6 is 0 Å². The van der Waals surface area contributed by atoms with Gasteiger partial charge in [0.1, 0.15) is 23.6 Å². The van der Waals surface area contributed by atoms with E-state index in [4.69, 9.17) is 4.42 Å².